The van der Waals surface area contributed by atoms with Gasteiger partial charge in [-0.3, -0.25) is 4.90 Å². The van der Waals surface area contributed by atoms with Crippen molar-refractivity contribution < 1.29 is 4.52 Å². The lowest BCUT2D eigenvalue weighted by molar-refractivity contribution is 0.222. The molecule has 0 aliphatic heterocycles. The van der Waals surface area contributed by atoms with E-state index in [1.165, 1.54) is 11.1 Å². The van der Waals surface area contributed by atoms with Crippen molar-refractivity contribution in [2.24, 2.45) is 5.73 Å². The molecule has 0 radical (unpaired) electrons. The lowest BCUT2D eigenvalue weighted by atomic mass is 10.1. The van der Waals surface area contributed by atoms with Crippen molar-refractivity contribution in [1.82, 2.24) is 10.1 Å². The topological polar surface area (TPSA) is 55.3 Å². The maximum Gasteiger partial charge on any atom is 0.151 e. The minimum absolute atomic E-state index is 0.691. The molecule has 3 rings (SSSR count). The zero-order valence-electron chi connectivity index (χ0n) is 14.7. The molecule has 0 saturated heterocycles. The summed E-state index contributed by atoms with van der Waals surface area (Å²) in [7, 11) is 0. The fourth-order valence-corrected chi connectivity index (χ4v) is 2.84. The second kappa shape index (κ2) is 8.60. The molecule has 2 aromatic carbocycles. The summed E-state index contributed by atoms with van der Waals surface area (Å²) in [5.74, 6) is 0.878. The van der Waals surface area contributed by atoms with Gasteiger partial charge in [0.1, 0.15) is 5.69 Å². The molecule has 25 heavy (non-hydrogen) atoms. The first-order valence-electron chi connectivity index (χ1n) is 8.73. The van der Waals surface area contributed by atoms with E-state index in [1.807, 2.05) is 12.1 Å². The largest absolute Gasteiger partial charge is 0.359 e. The summed E-state index contributed by atoms with van der Waals surface area (Å²) in [4.78, 5) is 2.35. The molecular weight excluding hydrogens is 310 g/mol. The molecule has 0 unspecified atom stereocenters. The first-order valence-corrected chi connectivity index (χ1v) is 8.73. The molecule has 0 spiro atoms. The van der Waals surface area contributed by atoms with Crippen molar-refractivity contribution in [2.45, 2.75) is 26.4 Å². The SMILES string of the molecule is Cc1ccc(-c2cc(CN(CCCN)Cc3ccccc3)on2)cc1. The number of nitrogens with two attached hydrogens (primary N) is 1. The number of aromatic nitrogens is 1. The third-order valence-electron chi connectivity index (χ3n) is 4.21. The Morgan fingerprint density at radius 1 is 1.00 bits per heavy atom. The fourth-order valence-electron chi connectivity index (χ4n) is 2.84. The molecule has 0 amide bonds. The van der Waals surface area contributed by atoms with Crippen LogP contribution in [0.2, 0.25) is 0 Å². The quantitative estimate of drug-likeness (QED) is 0.676. The molecule has 3 aromatic rings. The zero-order chi connectivity index (χ0) is 17.5. The molecule has 0 bridgehead atoms. The molecule has 1 heterocycles. The van der Waals surface area contributed by atoms with Crippen molar-refractivity contribution in [3.8, 4) is 11.3 Å². The van der Waals surface area contributed by atoms with Gasteiger partial charge in [-0.1, -0.05) is 65.3 Å². The summed E-state index contributed by atoms with van der Waals surface area (Å²) in [6.45, 7) is 5.31. The normalized spacial score (nSPS) is 11.2. The maximum atomic E-state index is 5.69. The summed E-state index contributed by atoms with van der Waals surface area (Å²) in [6, 6.07) is 20.8. The van der Waals surface area contributed by atoms with Crippen LogP contribution in [0.5, 0.6) is 0 Å². The van der Waals surface area contributed by atoms with E-state index < -0.39 is 0 Å². The lowest BCUT2D eigenvalue weighted by Crippen LogP contribution is -2.25. The van der Waals surface area contributed by atoms with Crippen molar-refractivity contribution in [1.29, 1.82) is 0 Å². The van der Waals surface area contributed by atoms with Crippen LogP contribution in [-0.2, 0) is 13.1 Å². The molecule has 0 aliphatic carbocycles. The van der Waals surface area contributed by atoms with Gasteiger partial charge < -0.3 is 10.3 Å². The number of nitrogens with zero attached hydrogens (tertiary/aromatic N) is 2. The Bertz CT molecular complexity index is 765. The number of hydrogen-bond donors (Lipinski definition) is 1. The van der Waals surface area contributed by atoms with Gasteiger partial charge in [0.25, 0.3) is 0 Å². The molecule has 1 aromatic heterocycles. The summed E-state index contributed by atoms with van der Waals surface area (Å²) < 4.78 is 5.57. The Hall–Kier alpha value is -2.43. The van der Waals surface area contributed by atoms with E-state index in [0.29, 0.717) is 6.54 Å². The summed E-state index contributed by atoms with van der Waals surface area (Å²) in [5, 5.41) is 4.23. The Morgan fingerprint density at radius 3 is 2.48 bits per heavy atom. The van der Waals surface area contributed by atoms with Crippen LogP contribution in [0.15, 0.2) is 65.2 Å². The highest BCUT2D eigenvalue weighted by Gasteiger charge is 2.12. The van der Waals surface area contributed by atoms with Crippen LogP contribution >= 0.6 is 0 Å². The number of aryl methyl sites for hydroxylation is 1. The zero-order valence-corrected chi connectivity index (χ0v) is 14.7. The molecule has 2 N–H and O–H groups in total. The lowest BCUT2D eigenvalue weighted by Gasteiger charge is -2.20. The smallest absolute Gasteiger partial charge is 0.151 e. The third kappa shape index (κ3) is 5.02. The fraction of sp³-hybridized carbons (Fsp3) is 0.286. The van der Waals surface area contributed by atoms with Crippen LogP contribution in [0.3, 0.4) is 0 Å². The summed E-state index contributed by atoms with van der Waals surface area (Å²) in [5.41, 5.74) is 10.2. The number of hydrogen-bond acceptors (Lipinski definition) is 4. The number of benzene rings is 2. The van der Waals surface area contributed by atoms with Gasteiger partial charge in [0.15, 0.2) is 5.76 Å². The average molecular weight is 335 g/mol. The molecule has 0 atom stereocenters. The van der Waals surface area contributed by atoms with Crippen molar-refractivity contribution in [3.05, 3.63) is 77.6 Å². The van der Waals surface area contributed by atoms with Crippen LogP contribution in [-0.4, -0.2) is 23.1 Å². The van der Waals surface area contributed by atoms with Crippen LogP contribution in [0.1, 0.15) is 23.3 Å². The predicted octanol–water partition coefficient (Wildman–Crippen LogP) is 4.00. The van der Waals surface area contributed by atoms with E-state index in [4.69, 9.17) is 10.3 Å². The van der Waals surface area contributed by atoms with Gasteiger partial charge >= 0.3 is 0 Å². The van der Waals surface area contributed by atoms with Gasteiger partial charge in [-0.2, -0.15) is 0 Å². The monoisotopic (exact) mass is 335 g/mol. The van der Waals surface area contributed by atoms with Crippen molar-refractivity contribution in [2.75, 3.05) is 13.1 Å². The Morgan fingerprint density at radius 2 is 1.76 bits per heavy atom. The highest BCUT2D eigenvalue weighted by Crippen LogP contribution is 2.21. The van der Waals surface area contributed by atoms with Crippen LogP contribution in [0.4, 0.5) is 0 Å². The predicted molar refractivity (Wildman–Crippen MR) is 101 cm³/mol. The standard InChI is InChI=1S/C21H25N3O/c1-17-8-10-19(11-9-17)21-14-20(25-23-21)16-24(13-5-12-22)15-18-6-3-2-4-7-18/h2-4,6-11,14H,5,12-13,15-16,22H2,1H3. The summed E-state index contributed by atoms with van der Waals surface area (Å²) >= 11 is 0. The first-order chi connectivity index (χ1) is 12.2. The van der Waals surface area contributed by atoms with E-state index in [-0.39, 0.29) is 0 Å². The third-order valence-corrected chi connectivity index (χ3v) is 4.21. The van der Waals surface area contributed by atoms with Gasteiger partial charge in [0.2, 0.25) is 0 Å². The Kier molecular flexibility index (Phi) is 5.99. The molecule has 4 heteroatoms. The van der Waals surface area contributed by atoms with E-state index in [9.17, 15) is 0 Å². The average Bonchev–Trinajstić information content (AvgIpc) is 3.09. The van der Waals surface area contributed by atoms with Gasteiger partial charge in [-0.05, 0) is 25.5 Å². The highest BCUT2D eigenvalue weighted by atomic mass is 16.5. The Labute approximate surface area is 149 Å². The van der Waals surface area contributed by atoms with Crippen LogP contribution < -0.4 is 5.73 Å². The minimum atomic E-state index is 0.691. The van der Waals surface area contributed by atoms with E-state index in [1.54, 1.807) is 0 Å². The summed E-state index contributed by atoms with van der Waals surface area (Å²) in [6.07, 6.45) is 0.964. The molecule has 0 fully saturated rings. The highest BCUT2D eigenvalue weighted by molar-refractivity contribution is 5.59. The molecule has 0 aliphatic rings. The molecule has 0 saturated carbocycles. The van der Waals surface area contributed by atoms with Gasteiger partial charge in [0, 0.05) is 24.7 Å². The second-order valence-corrected chi connectivity index (χ2v) is 6.38. The molecular formula is C21H25N3O. The number of rotatable bonds is 8. The van der Waals surface area contributed by atoms with Crippen LogP contribution in [0.25, 0.3) is 11.3 Å². The van der Waals surface area contributed by atoms with Crippen LogP contribution in [0, 0.1) is 6.92 Å². The van der Waals surface area contributed by atoms with Crippen molar-refractivity contribution >= 4 is 0 Å². The van der Waals surface area contributed by atoms with E-state index in [0.717, 1.165) is 43.1 Å². The van der Waals surface area contributed by atoms with Crippen molar-refractivity contribution in [3.63, 3.8) is 0 Å². The van der Waals surface area contributed by atoms with E-state index >= 15 is 0 Å². The van der Waals surface area contributed by atoms with Gasteiger partial charge in [-0.15, -0.1) is 0 Å². The first kappa shape index (κ1) is 17.4. The Balaban J connectivity index is 1.69. The molecule has 4 nitrogen and oxygen atoms in total. The van der Waals surface area contributed by atoms with Gasteiger partial charge in [0.05, 0.1) is 6.54 Å². The molecule has 130 valence electrons. The minimum Gasteiger partial charge on any atom is -0.359 e. The maximum absolute atomic E-state index is 5.69. The van der Waals surface area contributed by atoms with E-state index in [2.05, 4.69) is 65.5 Å². The second-order valence-electron chi connectivity index (χ2n) is 6.38. The van der Waals surface area contributed by atoms with Gasteiger partial charge in [-0.25, -0.2) is 0 Å².